The number of carbonyl (C=O) groups excluding carboxylic acids is 2. The van der Waals surface area contributed by atoms with Gasteiger partial charge >= 0.3 is 0 Å². The van der Waals surface area contributed by atoms with E-state index in [0.717, 1.165) is 18.4 Å². The van der Waals surface area contributed by atoms with Crippen molar-refractivity contribution >= 4 is 21.6 Å². The van der Waals surface area contributed by atoms with Crippen LogP contribution in [0.2, 0.25) is 0 Å². The van der Waals surface area contributed by atoms with Gasteiger partial charge in [-0.15, -0.1) is 0 Å². The van der Waals surface area contributed by atoms with Crippen molar-refractivity contribution in [3.8, 4) is 0 Å². The first-order valence-corrected chi connectivity index (χ1v) is 12.1. The predicted octanol–water partition coefficient (Wildman–Crippen LogP) is 3.85. The average molecular weight is 430 g/mol. The van der Waals surface area contributed by atoms with Gasteiger partial charge in [0, 0.05) is 55.8 Å². The summed E-state index contributed by atoms with van der Waals surface area (Å²) >= 11 is 0. The van der Waals surface area contributed by atoms with E-state index >= 15 is 0 Å². The van der Waals surface area contributed by atoms with E-state index in [1.807, 2.05) is 13.8 Å². The second kappa shape index (κ2) is 8.12. The Morgan fingerprint density at radius 1 is 0.867 bits per heavy atom. The van der Waals surface area contributed by atoms with Crippen LogP contribution in [0.4, 0.5) is 0 Å². The zero-order valence-corrected chi connectivity index (χ0v) is 18.3. The van der Waals surface area contributed by atoms with Crippen molar-refractivity contribution in [2.45, 2.75) is 63.2 Å². The van der Waals surface area contributed by atoms with E-state index in [9.17, 15) is 18.0 Å². The van der Waals surface area contributed by atoms with Crippen molar-refractivity contribution < 1.29 is 22.7 Å². The van der Waals surface area contributed by atoms with Crippen LogP contribution in [0.15, 0.2) is 51.8 Å². The summed E-state index contributed by atoms with van der Waals surface area (Å²) in [6.07, 6.45) is 3.78. The number of hydrogen-bond acceptors (Lipinski definition) is 5. The molecule has 0 unspecified atom stereocenters. The van der Waals surface area contributed by atoms with E-state index < -0.39 is 15.9 Å². The van der Waals surface area contributed by atoms with Gasteiger partial charge in [0.1, 0.15) is 11.5 Å². The standard InChI is InChI=1S/C23H27NO5S/c1-3-24(4-2)30(27,28)16-13-11-15(12-14-16)21-22-17(25)7-5-9-19(22)29-20-10-6-8-18(26)23(20)21/h11-14,21H,3-10H2,1-2H3. The third-order valence-electron chi connectivity index (χ3n) is 6.20. The first kappa shape index (κ1) is 21.0. The third-order valence-corrected chi connectivity index (χ3v) is 8.26. The Kier molecular flexibility index (Phi) is 5.68. The average Bonchev–Trinajstić information content (AvgIpc) is 2.73. The van der Waals surface area contributed by atoms with Gasteiger partial charge in [-0.2, -0.15) is 4.31 Å². The van der Waals surface area contributed by atoms with E-state index in [1.165, 1.54) is 4.31 Å². The highest BCUT2D eigenvalue weighted by Crippen LogP contribution is 2.47. The normalized spacial score (nSPS) is 20.4. The second-order valence-corrected chi connectivity index (χ2v) is 9.86. The molecule has 0 radical (unpaired) electrons. The van der Waals surface area contributed by atoms with Crippen LogP contribution in [0, 0.1) is 0 Å². The third kappa shape index (κ3) is 3.44. The molecule has 0 N–H and O–H groups in total. The molecule has 0 saturated carbocycles. The summed E-state index contributed by atoms with van der Waals surface area (Å²) in [5.41, 5.74) is 1.92. The van der Waals surface area contributed by atoms with Crippen LogP contribution >= 0.6 is 0 Å². The first-order chi connectivity index (χ1) is 14.4. The van der Waals surface area contributed by atoms with Crippen molar-refractivity contribution in [3.63, 3.8) is 0 Å². The van der Waals surface area contributed by atoms with Gasteiger partial charge in [-0.05, 0) is 30.5 Å². The second-order valence-electron chi connectivity index (χ2n) is 7.92. The summed E-state index contributed by atoms with van der Waals surface area (Å²) in [6.45, 7) is 4.41. The minimum absolute atomic E-state index is 0.0195. The number of hydrogen-bond donors (Lipinski definition) is 0. The number of carbonyl (C=O) groups is 2. The SMILES string of the molecule is CCN(CC)S(=O)(=O)c1ccc(C2C3=C(CCCC3=O)OC3=C2C(=O)CCC3)cc1. The monoisotopic (exact) mass is 429 g/mol. The van der Waals surface area contributed by atoms with Crippen LogP contribution in [0.3, 0.4) is 0 Å². The molecule has 7 heteroatoms. The number of allylic oxidation sites excluding steroid dienone is 4. The quantitative estimate of drug-likeness (QED) is 0.710. The molecule has 1 aromatic carbocycles. The number of rotatable bonds is 5. The van der Waals surface area contributed by atoms with Gasteiger partial charge in [0.25, 0.3) is 0 Å². The molecule has 30 heavy (non-hydrogen) atoms. The van der Waals surface area contributed by atoms with Crippen LogP contribution in [0.5, 0.6) is 0 Å². The highest BCUT2D eigenvalue weighted by molar-refractivity contribution is 7.89. The number of ether oxygens (including phenoxy) is 1. The molecular weight excluding hydrogens is 402 g/mol. The summed E-state index contributed by atoms with van der Waals surface area (Å²) in [5, 5.41) is 0. The lowest BCUT2D eigenvalue weighted by Crippen LogP contribution is -2.31. The van der Waals surface area contributed by atoms with Gasteiger partial charge in [0.15, 0.2) is 11.6 Å². The topological polar surface area (TPSA) is 80.8 Å². The summed E-state index contributed by atoms with van der Waals surface area (Å²) in [4.78, 5) is 25.8. The summed E-state index contributed by atoms with van der Waals surface area (Å²) in [5.74, 6) is 0.945. The Bertz CT molecular complexity index is 1000. The molecule has 0 aromatic heterocycles. The number of benzene rings is 1. The maximum atomic E-state index is 12.8. The molecule has 160 valence electrons. The van der Waals surface area contributed by atoms with E-state index in [4.69, 9.17) is 4.74 Å². The van der Waals surface area contributed by atoms with Crippen LogP contribution in [0.1, 0.15) is 63.9 Å². The molecule has 1 heterocycles. The van der Waals surface area contributed by atoms with Crippen LogP contribution in [0.25, 0.3) is 0 Å². The lowest BCUT2D eigenvalue weighted by molar-refractivity contribution is -0.117. The Labute approximate surface area is 177 Å². The highest BCUT2D eigenvalue weighted by atomic mass is 32.2. The van der Waals surface area contributed by atoms with Gasteiger partial charge in [0.05, 0.1) is 4.90 Å². The van der Waals surface area contributed by atoms with E-state index in [1.54, 1.807) is 24.3 Å². The molecule has 4 rings (SSSR count). The number of ketones is 2. The lowest BCUT2D eigenvalue weighted by atomic mass is 9.73. The maximum Gasteiger partial charge on any atom is 0.243 e. The van der Waals surface area contributed by atoms with E-state index in [0.29, 0.717) is 61.4 Å². The van der Waals surface area contributed by atoms with Gasteiger partial charge in [-0.3, -0.25) is 9.59 Å². The fourth-order valence-electron chi connectivity index (χ4n) is 4.70. The molecule has 0 spiro atoms. The fraction of sp³-hybridized carbons (Fsp3) is 0.478. The number of nitrogens with zero attached hydrogens (tertiary/aromatic N) is 1. The maximum absolute atomic E-state index is 12.8. The molecular formula is C23H27NO5S. The largest absolute Gasteiger partial charge is 0.465 e. The van der Waals surface area contributed by atoms with Crippen molar-refractivity contribution in [2.75, 3.05) is 13.1 Å². The molecule has 6 nitrogen and oxygen atoms in total. The van der Waals surface area contributed by atoms with Crippen molar-refractivity contribution in [1.29, 1.82) is 0 Å². The fourth-order valence-corrected chi connectivity index (χ4v) is 6.15. The molecule has 0 fully saturated rings. The van der Waals surface area contributed by atoms with Crippen molar-refractivity contribution in [2.24, 2.45) is 0 Å². The van der Waals surface area contributed by atoms with Gasteiger partial charge in [-0.1, -0.05) is 26.0 Å². The lowest BCUT2D eigenvalue weighted by Gasteiger charge is -2.36. The highest BCUT2D eigenvalue weighted by Gasteiger charge is 2.41. The zero-order chi connectivity index (χ0) is 21.5. The smallest absolute Gasteiger partial charge is 0.243 e. The minimum Gasteiger partial charge on any atom is -0.465 e. The predicted molar refractivity (Wildman–Crippen MR) is 112 cm³/mol. The zero-order valence-electron chi connectivity index (χ0n) is 17.4. The Balaban J connectivity index is 1.79. The molecule has 0 bridgehead atoms. The Morgan fingerprint density at radius 2 is 1.37 bits per heavy atom. The van der Waals surface area contributed by atoms with Crippen LogP contribution in [-0.4, -0.2) is 37.4 Å². The molecule has 2 aliphatic carbocycles. The molecule has 0 saturated heterocycles. The van der Waals surface area contributed by atoms with Gasteiger partial charge < -0.3 is 4.74 Å². The molecule has 0 atom stereocenters. The first-order valence-electron chi connectivity index (χ1n) is 10.7. The summed E-state index contributed by atoms with van der Waals surface area (Å²) < 4.78 is 33.1. The van der Waals surface area contributed by atoms with Crippen molar-refractivity contribution in [1.82, 2.24) is 4.31 Å². The summed E-state index contributed by atoms with van der Waals surface area (Å²) in [6, 6.07) is 6.65. The molecule has 1 aromatic rings. The molecule has 1 aliphatic heterocycles. The van der Waals surface area contributed by atoms with Crippen molar-refractivity contribution in [3.05, 3.63) is 52.5 Å². The Hall–Kier alpha value is -2.25. The van der Waals surface area contributed by atoms with Crippen LogP contribution in [-0.2, 0) is 24.3 Å². The van der Waals surface area contributed by atoms with E-state index in [2.05, 4.69) is 0 Å². The molecule has 0 amide bonds. The summed E-state index contributed by atoms with van der Waals surface area (Å²) in [7, 11) is -3.57. The minimum atomic E-state index is -3.57. The number of sulfonamides is 1. The van der Waals surface area contributed by atoms with Crippen LogP contribution < -0.4 is 0 Å². The van der Waals surface area contributed by atoms with Gasteiger partial charge in [0.2, 0.25) is 10.0 Å². The van der Waals surface area contributed by atoms with Gasteiger partial charge in [-0.25, -0.2) is 8.42 Å². The number of Topliss-reactive ketones (excluding diaryl/α,β-unsaturated/α-hetero) is 2. The Morgan fingerprint density at radius 3 is 1.83 bits per heavy atom. The molecule has 3 aliphatic rings. The van der Waals surface area contributed by atoms with E-state index in [-0.39, 0.29) is 16.5 Å².